The molecule has 0 aliphatic carbocycles. The lowest BCUT2D eigenvalue weighted by atomic mass is 10.2. The second-order valence-corrected chi connectivity index (χ2v) is 7.53. The minimum atomic E-state index is -2.56. The molecule has 0 radical (unpaired) electrons. The molecule has 0 bridgehead atoms. The molecule has 2 rings (SSSR count). The first kappa shape index (κ1) is 16.2. The summed E-state index contributed by atoms with van der Waals surface area (Å²) in [6.07, 6.45) is 2.12. The highest BCUT2D eigenvalue weighted by Crippen LogP contribution is 2.20. The van der Waals surface area contributed by atoms with E-state index in [0.29, 0.717) is 19.8 Å². The highest BCUT2D eigenvalue weighted by atomic mass is 28.4. The number of hydrogen-bond donors (Lipinski definition) is 0. The van der Waals surface area contributed by atoms with E-state index in [0.717, 1.165) is 12.6 Å². The summed E-state index contributed by atoms with van der Waals surface area (Å²) in [5, 5.41) is 1.26. The Balaban J connectivity index is 2.13. The zero-order valence-corrected chi connectivity index (χ0v) is 14.2. The molecule has 0 spiro atoms. The SMILES string of the molecule is CCO[Si](CCn1ccc2ccccc21)(OCC)OCC. The van der Waals surface area contributed by atoms with Gasteiger partial charge in [-0.1, -0.05) is 18.2 Å². The Bertz CT molecular complexity index is 538. The summed E-state index contributed by atoms with van der Waals surface area (Å²) in [6, 6.07) is 11.3. The van der Waals surface area contributed by atoms with Crippen LogP contribution in [-0.4, -0.2) is 33.2 Å². The molecule has 5 heteroatoms. The van der Waals surface area contributed by atoms with Crippen LogP contribution >= 0.6 is 0 Å². The van der Waals surface area contributed by atoms with Crippen LogP contribution in [0.15, 0.2) is 36.5 Å². The van der Waals surface area contributed by atoms with Crippen molar-refractivity contribution in [2.75, 3.05) is 19.8 Å². The molecule has 21 heavy (non-hydrogen) atoms. The fourth-order valence-corrected chi connectivity index (χ4v) is 5.11. The molecule has 0 aliphatic heterocycles. The predicted molar refractivity (Wildman–Crippen MR) is 87.4 cm³/mol. The zero-order chi connectivity index (χ0) is 15.1. The van der Waals surface area contributed by atoms with E-state index in [1.165, 1.54) is 10.9 Å². The lowest BCUT2D eigenvalue weighted by Crippen LogP contribution is -2.46. The molecule has 1 aromatic heterocycles. The maximum Gasteiger partial charge on any atom is 0.502 e. The molecule has 2 aromatic rings. The van der Waals surface area contributed by atoms with Crippen molar-refractivity contribution in [1.29, 1.82) is 0 Å². The van der Waals surface area contributed by atoms with Crippen molar-refractivity contribution in [2.24, 2.45) is 0 Å². The van der Waals surface area contributed by atoms with Gasteiger partial charge in [0.05, 0.1) is 0 Å². The topological polar surface area (TPSA) is 32.6 Å². The number of benzene rings is 1. The van der Waals surface area contributed by atoms with Gasteiger partial charge in [-0.05, 0) is 38.3 Å². The number of aromatic nitrogens is 1. The third-order valence-corrected chi connectivity index (χ3v) is 6.45. The van der Waals surface area contributed by atoms with Gasteiger partial charge in [-0.25, -0.2) is 0 Å². The van der Waals surface area contributed by atoms with Gasteiger partial charge in [0, 0.05) is 44.1 Å². The number of rotatable bonds is 9. The van der Waals surface area contributed by atoms with E-state index < -0.39 is 8.80 Å². The molecule has 1 heterocycles. The van der Waals surface area contributed by atoms with Gasteiger partial charge >= 0.3 is 8.80 Å². The minimum absolute atomic E-state index is 0.624. The first-order valence-corrected chi connectivity index (χ1v) is 9.63. The smallest absolute Gasteiger partial charge is 0.374 e. The molecule has 0 saturated carbocycles. The number of nitrogens with zero attached hydrogens (tertiary/aromatic N) is 1. The van der Waals surface area contributed by atoms with Gasteiger partial charge < -0.3 is 17.8 Å². The van der Waals surface area contributed by atoms with Crippen molar-refractivity contribution in [2.45, 2.75) is 33.4 Å². The van der Waals surface area contributed by atoms with Crippen LogP contribution in [-0.2, 0) is 19.8 Å². The second kappa shape index (κ2) is 7.75. The van der Waals surface area contributed by atoms with Gasteiger partial charge in [-0.3, -0.25) is 0 Å². The van der Waals surface area contributed by atoms with Crippen molar-refractivity contribution >= 4 is 19.7 Å². The molecule has 0 fully saturated rings. The molecular formula is C16H25NO3Si. The van der Waals surface area contributed by atoms with Gasteiger partial charge in [-0.15, -0.1) is 0 Å². The van der Waals surface area contributed by atoms with E-state index in [-0.39, 0.29) is 0 Å². The Morgan fingerprint density at radius 1 is 0.905 bits per heavy atom. The highest BCUT2D eigenvalue weighted by molar-refractivity contribution is 6.60. The molecule has 0 amide bonds. The van der Waals surface area contributed by atoms with Gasteiger partial charge in [0.15, 0.2) is 0 Å². The lowest BCUT2D eigenvalue weighted by molar-refractivity contribution is 0.0703. The van der Waals surface area contributed by atoms with E-state index in [4.69, 9.17) is 13.3 Å². The highest BCUT2D eigenvalue weighted by Gasteiger charge is 2.40. The Morgan fingerprint density at radius 3 is 2.14 bits per heavy atom. The summed E-state index contributed by atoms with van der Waals surface area (Å²) in [4.78, 5) is 0. The number of aryl methyl sites for hydroxylation is 1. The largest absolute Gasteiger partial charge is 0.502 e. The maximum atomic E-state index is 5.90. The average molecular weight is 307 g/mol. The first-order valence-electron chi connectivity index (χ1n) is 7.70. The summed E-state index contributed by atoms with van der Waals surface area (Å²) in [6.45, 7) is 8.69. The normalized spacial score (nSPS) is 12.1. The third kappa shape index (κ3) is 3.94. The van der Waals surface area contributed by atoms with E-state index in [9.17, 15) is 0 Å². The molecule has 116 valence electrons. The molecule has 0 unspecified atom stereocenters. The summed E-state index contributed by atoms with van der Waals surface area (Å²) in [7, 11) is -2.56. The second-order valence-electron chi connectivity index (χ2n) is 4.80. The summed E-state index contributed by atoms with van der Waals surface area (Å²) in [5.41, 5.74) is 1.24. The molecule has 0 aliphatic rings. The number of fused-ring (bicyclic) bond motifs is 1. The monoisotopic (exact) mass is 307 g/mol. The van der Waals surface area contributed by atoms with Gasteiger partial charge in [0.1, 0.15) is 0 Å². The van der Waals surface area contributed by atoms with Crippen molar-refractivity contribution in [3.63, 3.8) is 0 Å². The van der Waals surface area contributed by atoms with Crippen LogP contribution < -0.4 is 0 Å². The van der Waals surface area contributed by atoms with Crippen LogP contribution in [0.3, 0.4) is 0 Å². The van der Waals surface area contributed by atoms with Crippen molar-refractivity contribution < 1.29 is 13.3 Å². The minimum Gasteiger partial charge on any atom is -0.374 e. The van der Waals surface area contributed by atoms with E-state index in [1.807, 2.05) is 20.8 Å². The van der Waals surface area contributed by atoms with Gasteiger partial charge in [0.2, 0.25) is 0 Å². The fourth-order valence-electron chi connectivity index (χ4n) is 2.59. The van der Waals surface area contributed by atoms with E-state index >= 15 is 0 Å². The molecule has 0 N–H and O–H groups in total. The van der Waals surface area contributed by atoms with Gasteiger partial charge in [-0.2, -0.15) is 0 Å². The maximum absolute atomic E-state index is 5.90. The van der Waals surface area contributed by atoms with Crippen LogP contribution in [0.4, 0.5) is 0 Å². The van der Waals surface area contributed by atoms with Crippen LogP contribution in [0, 0.1) is 0 Å². The molecule has 0 atom stereocenters. The Kier molecular flexibility index (Phi) is 5.99. The molecule has 0 saturated heterocycles. The summed E-state index contributed by atoms with van der Waals surface area (Å²) in [5.74, 6) is 0. The Hall–Kier alpha value is -1.14. The van der Waals surface area contributed by atoms with E-state index in [2.05, 4.69) is 41.1 Å². The molecule has 4 nitrogen and oxygen atoms in total. The first-order chi connectivity index (χ1) is 10.2. The Labute approximate surface area is 128 Å². The third-order valence-electron chi connectivity index (χ3n) is 3.43. The lowest BCUT2D eigenvalue weighted by Gasteiger charge is -2.28. The molecule has 1 aromatic carbocycles. The number of hydrogen-bond acceptors (Lipinski definition) is 3. The molecular weight excluding hydrogens is 282 g/mol. The number of para-hydroxylation sites is 1. The van der Waals surface area contributed by atoms with Crippen molar-refractivity contribution in [1.82, 2.24) is 4.57 Å². The van der Waals surface area contributed by atoms with Crippen LogP contribution in [0.1, 0.15) is 20.8 Å². The van der Waals surface area contributed by atoms with Crippen LogP contribution in [0.25, 0.3) is 10.9 Å². The standard InChI is InChI=1S/C16H25NO3Si/c1-4-18-21(19-5-2,20-6-3)14-13-17-12-11-15-9-7-8-10-16(15)17/h7-12H,4-6,13-14H2,1-3H3. The van der Waals surface area contributed by atoms with Crippen LogP contribution in [0.2, 0.25) is 6.04 Å². The van der Waals surface area contributed by atoms with Crippen molar-refractivity contribution in [3.05, 3.63) is 36.5 Å². The fraction of sp³-hybridized carbons (Fsp3) is 0.500. The average Bonchev–Trinajstić information content (AvgIpc) is 2.89. The Morgan fingerprint density at radius 2 is 1.52 bits per heavy atom. The summed E-state index contributed by atoms with van der Waals surface area (Å²) >= 11 is 0. The van der Waals surface area contributed by atoms with Crippen LogP contribution in [0.5, 0.6) is 0 Å². The van der Waals surface area contributed by atoms with E-state index in [1.54, 1.807) is 0 Å². The summed E-state index contributed by atoms with van der Waals surface area (Å²) < 4.78 is 19.9. The zero-order valence-electron chi connectivity index (χ0n) is 13.2. The van der Waals surface area contributed by atoms with Gasteiger partial charge in [0.25, 0.3) is 0 Å². The predicted octanol–water partition coefficient (Wildman–Crippen LogP) is 3.69. The quantitative estimate of drug-likeness (QED) is 0.662. The van der Waals surface area contributed by atoms with Crippen molar-refractivity contribution in [3.8, 4) is 0 Å².